The standard InChI is InChI=1S/C60H42F2N2S2/c1-33(2)51-53(35-21-25-37(61)26-22-35)57(63-45-17-9-5-15-43(45)55-47(63)31-29-41-39-13-7-11-19-49(39)65-59(41)55)52(34(3)4)58(54(51)36-23-27-38(62)28-24-36)64-46-18-10-6-16-44(46)56-48(64)32-30-42-40-14-8-12-20-50(40)66-60(42)56/h5-34H,1-4H3. The summed E-state index contributed by atoms with van der Waals surface area (Å²) in [7, 11) is 0. The van der Waals surface area contributed by atoms with E-state index < -0.39 is 0 Å². The summed E-state index contributed by atoms with van der Waals surface area (Å²) in [6.45, 7) is 9.13. The fourth-order valence-electron chi connectivity index (χ4n) is 11.1. The van der Waals surface area contributed by atoms with E-state index in [2.05, 4.69) is 158 Å². The van der Waals surface area contributed by atoms with Gasteiger partial charge < -0.3 is 9.13 Å². The molecular formula is C60H42F2N2S2. The Morgan fingerprint density at radius 2 is 0.742 bits per heavy atom. The van der Waals surface area contributed by atoms with Crippen LogP contribution in [-0.2, 0) is 0 Å². The Balaban J connectivity index is 1.30. The van der Waals surface area contributed by atoms with Gasteiger partial charge in [-0.1, -0.05) is 137 Å². The first-order valence-electron chi connectivity index (χ1n) is 22.7. The normalized spacial score (nSPS) is 12.4. The van der Waals surface area contributed by atoms with Crippen molar-refractivity contribution in [2.75, 3.05) is 0 Å². The minimum atomic E-state index is -0.285. The van der Waals surface area contributed by atoms with Crippen molar-refractivity contribution in [3.05, 3.63) is 193 Å². The minimum absolute atomic E-state index is 0.0198. The molecular weight excluding hydrogens is 851 g/mol. The molecule has 0 aliphatic carbocycles. The van der Waals surface area contributed by atoms with Crippen molar-refractivity contribution >= 4 is 107 Å². The van der Waals surface area contributed by atoms with Gasteiger partial charge in [0.25, 0.3) is 0 Å². The lowest BCUT2D eigenvalue weighted by Crippen LogP contribution is -2.15. The van der Waals surface area contributed by atoms with Crippen LogP contribution in [0, 0.1) is 11.6 Å². The van der Waals surface area contributed by atoms with E-state index >= 15 is 8.78 Å². The Morgan fingerprint density at radius 1 is 0.364 bits per heavy atom. The summed E-state index contributed by atoms with van der Waals surface area (Å²) in [5, 5.41) is 9.85. The van der Waals surface area contributed by atoms with Gasteiger partial charge in [-0.15, -0.1) is 22.7 Å². The van der Waals surface area contributed by atoms with E-state index in [9.17, 15) is 0 Å². The molecule has 0 N–H and O–H groups in total. The van der Waals surface area contributed by atoms with E-state index in [4.69, 9.17) is 0 Å². The molecule has 318 valence electrons. The van der Waals surface area contributed by atoms with E-state index in [0.717, 1.165) is 66.8 Å². The number of hydrogen-bond acceptors (Lipinski definition) is 2. The molecule has 0 aliphatic rings. The average Bonchev–Trinajstić information content (AvgIpc) is 4.09. The van der Waals surface area contributed by atoms with E-state index in [0.29, 0.717) is 0 Å². The lowest BCUT2D eigenvalue weighted by atomic mass is 9.79. The van der Waals surface area contributed by atoms with Gasteiger partial charge in [0.1, 0.15) is 11.6 Å². The van der Waals surface area contributed by atoms with Crippen molar-refractivity contribution in [2.24, 2.45) is 0 Å². The Morgan fingerprint density at radius 3 is 1.15 bits per heavy atom. The lowest BCUT2D eigenvalue weighted by molar-refractivity contribution is 0.627. The Bertz CT molecular complexity index is 3870. The van der Waals surface area contributed by atoms with Gasteiger partial charge in [0, 0.05) is 78.6 Å². The first-order valence-corrected chi connectivity index (χ1v) is 24.3. The summed E-state index contributed by atoms with van der Waals surface area (Å²) in [4.78, 5) is 0. The van der Waals surface area contributed by atoms with Gasteiger partial charge in [-0.25, -0.2) is 8.78 Å². The topological polar surface area (TPSA) is 9.86 Å². The van der Waals surface area contributed by atoms with Crippen LogP contribution in [0.1, 0.15) is 50.7 Å². The summed E-state index contributed by atoms with van der Waals surface area (Å²) in [6, 6.07) is 58.4. The fourth-order valence-corrected chi connectivity index (χ4v) is 13.6. The third kappa shape index (κ3) is 5.55. The molecule has 0 unspecified atom stereocenters. The Hall–Kier alpha value is -7.12. The van der Waals surface area contributed by atoms with Crippen LogP contribution in [0.25, 0.3) is 118 Å². The molecule has 0 amide bonds. The van der Waals surface area contributed by atoms with Crippen LogP contribution in [0.15, 0.2) is 170 Å². The van der Waals surface area contributed by atoms with Crippen LogP contribution in [0.5, 0.6) is 0 Å². The summed E-state index contributed by atoms with van der Waals surface area (Å²) in [5.74, 6) is -0.614. The van der Waals surface area contributed by atoms with Crippen molar-refractivity contribution in [1.29, 1.82) is 0 Å². The van der Waals surface area contributed by atoms with Crippen molar-refractivity contribution < 1.29 is 8.78 Å². The molecule has 4 aromatic heterocycles. The third-order valence-corrected chi connectivity index (χ3v) is 16.2. The monoisotopic (exact) mass is 892 g/mol. The average molecular weight is 893 g/mol. The number of thiophene rings is 2. The highest BCUT2D eigenvalue weighted by Gasteiger charge is 2.33. The van der Waals surface area contributed by atoms with Crippen LogP contribution in [0.4, 0.5) is 8.78 Å². The van der Waals surface area contributed by atoms with E-state index in [1.54, 1.807) is 24.3 Å². The summed E-state index contributed by atoms with van der Waals surface area (Å²) in [6.07, 6.45) is 0. The predicted octanol–water partition coefficient (Wildman–Crippen LogP) is 18.5. The maximum Gasteiger partial charge on any atom is 0.123 e. The van der Waals surface area contributed by atoms with Gasteiger partial charge in [0.2, 0.25) is 0 Å². The van der Waals surface area contributed by atoms with Crippen LogP contribution >= 0.6 is 22.7 Å². The highest BCUT2D eigenvalue weighted by atomic mass is 32.1. The van der Waals surface area contributed by atoms with Gasteiger partial charge in [-0.2, -0.15) is 0 Å². The fraction of sp³-hybridized carbons (Fsp3) is 0.100. The van der Waals surface area contributed by atoms with Crippen LogP contribution < -0.4 is 0 Å². The zero-order valence-electron chi connectivity index (χ0n) is 36.8. The number of nitrogens with zero attached hydrogens (tertiary/aromatic N) is 2. The molecule has 0 radical (unpaired) electrons. The third-order valence-electron chi connectivity index (χ3n) is 13.8. The molecule has 0 atom stereocenters. The van der Waals surface area contributed by atoms with Gasteiger partial charge in [-0.05, 0) is 89.2 Å². The Kier molecular flexibility index (Phi) is 8.74. The molecule has 4 heterocycles. The van der Waals surface area contributed by atoms with Crippen LogP contribution in [-0.4, -0.2) is 9.13 Å². The molecule has 2 nitrogen and oxygen atoms in total. The second-order valence-corrected chi connectivity index (χ2v) is 20.3. The Labute approximate surface area is 388 Å². The second kappa shape index (κ2) is 14.7. The summed E-state index contributed by atoms with van der Waals surface area (Å²) in [5.41, 5.74) is 12.8. The second-order valence-electron chi connectivity index (χ2n) is 18.2. The number of rotatable bonds is 6. The molecule has 13 rings (SSSR count). The maximum atomic E-state index is 15.2. The molecule has 0 fully saturated rings. The van der Waals surface area contributed by atoms with E-state index in [1.807, 2.05) is 46.9 Å². The minimum Gasteiger partial charge on any atom is -0.308 e. The van der Waals surface area contributed by atoms with Gasteiger partial charge in [0.15, 0.2) is 0 Å². The first-order chi connectivity index (χ1) is 32.3. The zero-order chi connectivity index (χ0) is 44.5. The molecule has 6 heteroatoms. The highest BCUT2D eigenvalue weighted by molar-refractivity contribution is 7.27. The molecule has 0 spiro atoms. The lowest BCUT2D eigenvalue weighted by Gasteiger charge is -2.32. The predicted molar refractivity (Wildman–Crippen MR) is 280 cm³/mol. The van der Waals surface area contributed by atoms with E-state index in [-0.39, 0.29) is 23.5 Å². The van der Waals surface area contributed by atoms with Crippen molar-refractivity contribution in [2.45, 2.75) is 39.5 Å². The molecule has 13 aromatic rings. The van der Waals surface area contributed by atoms with Crippen LogP contribution in [0.2, 0.25) is 0 Å². The number of halogens is 2. The summed E-state index contributed by atoms with van der Waals surface area (Å²) < 4.78 is 40.4. The smallest absolute Gasteiger partial charge is 0.123 e. The molecule has 0 saturated heterocycles. The van der Waals surface area contributed by atoms with Gasteiger partial charge in [-0.3, -0.25) is 0 Å². The first kappa shape index (κ1) is 39.3. The number of hydrogen-bond donors (Lipinski definition) is 0. The molecule has 0 saturated carbocycles. The molecule has 9 aromatic carbocycles. The molecule has 0 aliphatic heterocycles. The summed E-state index contributed by atoms with van der Waals surface area (Å²) >= 11 is 3.71. The van der Waals surface area contributed by atoms with Crippen molar-refractivity contribution in [3.8, 4) is 33.6 Å². The highest BCUT2D eigenvalue weighted by Crippen LogP contribution is 2.54. The number of benzene rings is 9. The van der Waals surface area contributed by atoms with Gasteiger partial charge in [0.05, 0.1) is 33.4 Å². The number of aromatic nitrogens is 2. The SMILES string of the molecule is CC(C)c1c(-c2ccc(F)cc2)c(-n2c3ccccc3c3c4sc5ccccc5c4ccc32)c(C(C)C)c(-n2c3ccccc3c3c4sc5ccccc5c4ccc32)c1-c1ccc(F)cc1. The van der Waals surface area contributed by atoms with Gasteiger partial charge >= 0.3 is 0 Å². The number of fused-ring (bicyclic) bond motifs is 14. The van der Waals surface area contributed by atoms with E-state index in [1.165, 1.54) is 61.9 Å². The maximum absolute atomic E-state index is 15.2. The number of para-hydroxylation sites is 2. The molecule has 66 heavy (non-hydrogen) atoms. The zero-order valence-corrected chi connectivity index (χ0v) is 38.4. The quantitative estimate of drug-likeness (QED) is 0.157. The van der Waals surface area contributed by atoms with Crippen molar-refractivity contribution in [1.82, 2.24) is 9.13 Å². The largest absolute Gasteiger partial charge is 0.308 e. The molecule has 0 bridgehead atoms. The van der Waals surface area contributed by atoms with Crippen LogP contribution in [0.3, 0.4) is 0 Å². The van der Waals surface area contributed by atoms with Crippen molar-refractivity contribution in [3.63, 3.8) is 0 Å².